The van der Waals surface area contributed by atoms with Crippen LogP contribution in [0.15, 0.2) is 29.6 Å². The first-order valence-corrected chi connectivity index (χ1v) is 7.80. The molecular weight excluding hydrogens is 315 g/mol. The Balaban J connectivity index is 1.69. The van der Waals surface area contributed by atoms with Gasteiger partial charge in [-0.15, -0.1) is 34.5 Å². The topological polar surface area (TPSA) is 42.0 Å². The van der Waals surface area contributed by atoms with Gasteiger partial charge in [0, 0.05) is 16.6 Å². The quantitative estimate of drug-likeness (QED) is 0.856. The van der Waals surface area contributed by atoms with Crippen LogP contribution in [0, 0.1) is 12.8 Å². The zero-order valence-corrected chi connectivity index (χ0v) is 13.0. The molecule has 104 valence electrons. The fourth-order valence-corrected chi connectivity index (χ4v) is 3.08. The Morgan fingerprint density at radius 2 is 2.05 bits per heavy atom. The number of anilines is 1. The Kier molecular flexibility index (Phi) is 3.48. The van der Waals surface area contributed by atoms with Gasteiger partial charge in [-0.1, -0.05) is 12.1 Å². The van der Waals surface area contributed by atoms with Crippen LogP contribution in [0.1, 0.15) is 11.4 Å². The number of carbonyl (C=O) groups excluding carboxylic acids is 1. The molecule has 1 amide bonds. The van der Waals surface area contributed by atoms with Crippen molar-refractivity contribution in [3.63, 3.8) is 0 Å². The number of amides is 1. The predicted octanol–water partition coefficient (Wildman–Crippen LogP) is 4.25. The molecule has 0 saturated heterocycles. The average molecular weight is 327 g/mol. The highest BCUT2D eigenvalue weighted by Gasteiger charge is 2.56. The normalized spacial score (nSPS) is 19.6. The minimum absolute atomic E-state index is 0.132. The van der Waals surface area contributed by atoms with Gasteiger partial charge in [-0.3, -0.25) is 4.79 Å². The second kappa shape index (κ2) is 5.02. The van der Waals surface area contributed by atoms with Gasteiger partial charge in [-0.25, -0.2) is 4.98 Å². The molecule has 1 fully saturated rings. The van der Waals surface area contributed by atoms with Crippen molar-refractivity contribution in [1.82, 2.24) is 4.98 Å². The summed E-state index contributed by atoms with van der Waals surface area (Å²) in [4.78, 5) is 16.3. The number of aryl methyl sites for hydroxylation is 1. The van der Waals surface area contributed by atoms with Crippen molar-refractivity contribution >= 4 is 46.1 Å². The van der Waals surface area contributed by atoms with E-state index < -0.39 is 4.33 Å². The molecule has 6 heteroatoms. The molecule has 20 heavy (non-hydrogen) atoms. The molecule has 1 saturated carbocycles. The number of aromatic nitrogens is 1. The highest BCUT2D eigenvalue weighted by molar-refractivity contribution is 7.09. The van der Waals surface area contributed by atoms with Gasteiger partial charge in [0.15, 0.2) is 0 Å². The average Bonchev–Trinajstić information content (AvgIpc) is 2.83. The van der Waals surface area contributed by atoms with Crippen LogP contribution in [0.25, 0.3) is 11.3 Å². The van der Waals surface area contributed by atoms with Crippen LogP contribution in [-0.2, 0) is 4.79 Å². The van der Waals surface area contributed by atoms with Gasteiger partial charge in [0.2, 0.25) is 5.91 Å². The Bertz CT molecular complexity index is 651. The number of thiazole rings is 1. The van der Waals surface area contributed by atoms with E-state index in [2.05, 4.69) is 10.3 Å². The van der Waals surface area contributed by atoms with E-state index >= 15 is 0 Å². The van der Waals surface area contributed by atoms with Gasteiger partial charge in [0.25, 0.3) is 0 Å². The summed E-state index contributed by atoms with van der Waals surface area (Å²) < 4.78 is -0.887. The van der Waals surface area contributed by atoms with Crippen LogP contribution in [0.2, 0.25) is 0 Å². The second-order valence-corrected chi connectivity index (χ2v) is 7.44. The largest absolute Gasteiger partial charge is 0.326 e. The van der Waals surface area contributed by atoms with Crippen LogP contribution in [0.4, 0.5) is 5.69 Å². The molecule has 3 rings (SSSR count). The van der Waals surface area contributed by atoms with Gasteiger partial charge < -0.3 is 5.32 Å². The predicted molar refractivity (Wildman–Crippen MR) is 83.5 cm³/mol. The molecule has 2 aromatic rings. The minimum Gasteiger partial charge on any atom is -0.326 e. The SMILES string of the molecule is Cc1nc(-c2ccc(NC(=O)[C@@H]3CC3(Cl)Cl)cc2)cs1. The molecule has 0 unspecified atom stereocenters. The summed E-state index contributed by atoms with van der Waals surface area (Å²) in [5.74, 6) is -0.445. The first-order valence-electron chi connectivity index (χ1n) is 6.17. The lowest BCUT2D eigenvalue weighted by molar-refractivity contribution is -0.117. The lowest BCUT2D eigenvalue weighted by atomic mass is 10.1. The molecular formula is C14H12Cl2N2OS. The number of halogens is 2. The third-order valence-corrected chi connectivity index (χ3v) is 4.82. The first kappa shape index (κ1) is 13.9. The lowest BCUT2D eigenvalue weighted by Gasteiger charge is -2.06. The van der Waals surface area contributed by atoms with Gasteiger partial charge >= 0.3 is 0 Å². The number of alkyl halides is 2. The number of carbonyl (C=O) groups is 1. The van der Waals surface area contributed by atoms with Gasteiger partial charge in [0.1, 0.15) is 4.33 Å². The fourth-order valence-electron chi connectivity index (χ4n) is 1.95. The molecule has 1 aliphatic rings. The van der Waals surface area contributed by atoms with E-state index in [0.29, 0.717) is 6.42 Å². The Morgan fingerprint density at radius 3 is 2.55 bits per heavy atom. The molecule has 0 radical (unpaired) electrons. The number of nitrogens with one attached hydrogen (secondary N) is 1. The maximum atomic E-state index is 11.9. The number of rotatable bonds is 3. The van der Waals surface area contributed by atoms with E-state index in [4.69, 9.17) is 23.2 Å². The second-order valence-electron chi connectivity index (χ2n) is 4.84. The zero-order valence-electron chi connectivity index (χ0n) is 10.7. The Hall–Kier alpha value is -1.10. The summed E-state index contributed by atoms with van der Waals surface area (Å²) in [6.07, 6.45) is 0.512. The van der Waals surface area contributed by atoms with Crippen LogP contribution in [0.3, 0.4) is 0 Å². The molecule has 0 bridgehead atoms. The number of benzene rings is 1. The molecule has 0 aliphatic heterocycles. The van der Waals surface area contributed by atoms with E-state index in [9.17, 15) is 4.79 Å². The summed E-state index contributed by atoms with van der Waals surface area (Å²) in [5.41, 5.74) is 2.72. The highest BCUT2D eigenvalue weighted by atomic mass is 35.5. The summed E-state index contributed by atoms with van der Waals surface area (Å²) in [6, 6.07) is 7.58. The van der Waals surface area contributed by atoms with Crippen molar-refractivity contribution in [2.45, 2.75) is 17.7 Å². The highest BCUT2D eigenvalue weighted by Crippen LogP contribution is 2.53. The van der Waals surface area contributed by atoms with Gasteiger partial charge in [-0.2, -0.15) is 0 Å². The van der Waals surface area contributed by atoms with Crippen molar-refractivity contribution in [2.75, 3.05) is 5.32 Å². The van der Waals surface area contributed by atoms with E-state index in [-0.39, 0.29) is 11.8 Å². The smallest absolute Gasteiger partial charge is 0.230 e. The molecule has 1 heterocycles. The molecule has 1 N–H and O–H groups in total. The minimum atomic E-state index is -0.887. The number of hydrogen-bond acceptors (Lipinski definition) is 3. The van der Waals surface area contributed by atoms with Crippen molar-refractivity contribution in [2.24, 2.45) is 5.92 Å². The molecule has 1 atom stereocenters. The maximum Gasteiger partial charge on any atom is 0.230 e. The lowest BCUT2D eigenvalue weighted by Crippen LogP contribution is -2.16. The molecule has 1 aromatic heterocycles. The van der Waals surface area contributed by atoms with Crippen molar-refractivity contribution in [1.29, 1.82) is 0 Å². The maximum absolute atomic E-state index is 11.9. The monoisotopic (exact) mass is 326 g/mol. The van der Waals surface area contributed by atoms with Crippen molar-refractivity contribution in [3.8, 4) is 11.3 Å². The number of hydrogen-bond donors (Lipinski definition) is 1. The molecule has 1 aromatic carbocycles. The third kappa shape index (κ3) is 2.82. The van der Waals surface area contributed by atoms with Crippen LogP contribution in [-0.4, -0.2) is 15.2 Å². The summed E-state index contributed by atoms with van der Waals surface area (Å²) in [6.45, 7) is 1.98. The summed E-state index contributed by atoms with van der Waals surface area (Å²) >= 11 is 13.4. The molecule has 0 spiro atoms. The van der Waals surface area contributed by atoms with Crippen molar-refractivity contribution in [3.05, 3.63) is 34.7 Å². The van der Waals surface area contributed by atoms with Crippen LogP contribution in [0.5, 0.6) is 0 Å². The third-order valence-electron chi connectivity index (χ3n) is 3.21. The standard InChI is InChI=1S/C14H12Cl2N2OS/c1-8-17-12(7-20-8)9-2-4-10(5-3-9)18-13(19)11-6-14(11,15)16/h2-5,7,11H,6H2,1H3,(H,18,19)/t11-/m0/s1. The van der Waals surface area contributed by atoms with Crippen LogP contribution < -0.4 is 5.32 Å². The zero-order chi connectivity index (χ0) is 14.3. The summed E-state index contributed by atoms with van der Waals surface area (Å²) in [5, 5.41) is 5.87. The first-order chi connectivity index (χ1) is 9.45. The Labute approximate surface area is 130 Å². The van der Waals surface area contributed by atoms with E-state index in [0.717, 1.165) is 22.0 Å². The van der Waals surface area contributed by atoms with E-state index in [1.165, 1.54) is 0 Å². The Morgan fingerprint density at radius 1 is 1.40 bits per heavy atom. The van der Waals surface area contributed by atoms with Gasteiger partial charge in [-0.05, 0) is 25.5 Å². The fraction of sp³-hybridized carbons (Fsp3) is 0.286. The molecule has 3 nitrogen and oxygen atoms in total. The van der Waals surface area contributed by atoms with Crippen LogP contribution >= 0.6 is 34.5 Å². The van der Waals surface area contributed by atoms with E-state index in [1.54, 1.807) is 11.3 Å². The molecule has 1 aliphatic carbocycles. The van der Waals surface area contributed by atoms with E-state index in [1.807, 2.05) is 36.6 Å². The summed E-state index contributed by atoms with van der Waals surface area (Å²) in [7, 11) is 0. The number of nitrogens with zero attached hydrogens (tertiary/aromatic N) is 1. The van der Waals surface area contributed by atoms with Crippen molar-refractivity contribution < 1.29 is 4.79 Å². The van der Waals surface area contributed by atoms with Gasteiger partial charge in [0.05, 0.1) is 16.6 Å².